The number of hydrogen-bond donors (Lipinski definition) is 3. The van der Waals surface area contributed by atoms with Gasteiger partial charge in [0.05, 0.1) is 4.90 Å². The minimum absolute atomic E-state index is 0.0666. The zero-order valence-electron chi connectivity index (χ0n) is 20.9. The molecule has 2 aromatic carbocycles. The fourth-order valence-corrected chi connectivity index (χ4v) is 4.68. The number of rotatable bonds is 4. The third-order valence-corrected chi connectivity index (χ3v) is 7.05. The van der Waals surface area contributed by atoms with E-state index in [2.05, 4.69) is 4.98 Å². The molecule has 0 saturated carbocycles. The Labute approximate surface area is 225 Å². The van der Waals surface area contributed by atoms with Crippen LogP contribution < -0.4 is 16.1 Å². The number of benzene rings is 2. The van der Waals surface area contributed by atoms with Crippen molar-refractivity contribution in [1.82, 2.24) is 9.55 Å². The van der Waals surface area contributed by atoms with E-state index >= 15 is 4.39 Å². The SMILES string of the molecule is Cc1ccc(S(=O)(=O)O)cc1.NC1CCN(c2nc3c(c(F)c2F)c(=O)c(C(=O)O)c(F)n3-c2ccccc2)C1. The molecule has 210 valence electrons. The largest absolute Gasteiger partial charge is 0.477 e. The lowest BCUT2D eigenvalue weighted by Gasteiger charge is -2.20. The Morgan fingerprint density at radius 1 is 1.05 bits per heavy atom. The summed E-state index contributed by atoms with van der Waals surface area (Å²) >= 11 is 0. The van der Waals surface area contributed by atoms with Gasteiger partial charge in [0, 0.05) is 24.8 Å². The minimum atomic E-state index is -4.02. The summed E-state index contributed by atoms with van der Waals surface area (Å²) in [5.41, 5.74) is 3.58. The number of para-hydroxylation sites is 1. The lowest BCUT2D eigenvalue weighted by molar-refractivity contribution is 0.0689. The van der Waals surface area contributed by atoms with Gasteiger partial charge in [-0.3, -0.25) is 13.9 Å². The quantitative estimate of drug-likeness (QED) is 0.245. The summed E-state index contributed by atoms with van der Waals surface area (Å²) < 4.78 is 75.0. The van der Waals surface area contributed by atoms with Gasteiger partial charge in [0.25, 0.3) is 10.1 Å². The zero-order valence-corrected chi connectivity index (χ0v) is 21.7. The van der Waals surface area contributed by atoms with Crippen molar-refractivity contribution in [3.8, 4) is 5.69 Å². The van der Waals surface area contributed by atoms with Gasteiger partial charge in [-0.15, -0.1) is 0 Å². The van der Waals surface area contributed by atoms with Gasteiger partial charge in [-0.25, -0.2) is 14.2 Å². The van der Waals surface area contributed by atoms with Crippen LogP contribution in [0.1, 0.15) is 22.3 Å². The average molecular weight is 577 g/mol. The van der Waals surface area contributed by atoms with Crippen LogP contribution in [-0.2, 0) is 10.1 Å². The molecule has 1 aliphatic heterocycles. The van der Waals surface area contributed by atoms with Crippen molar-refractivity contribution < 1.29 is 36.0 Å². The van der Waals surface area contributed by atoms with Crippen LogP contribution in [0.3, 0.4) is 0 Å². The summed E-state index contributed by atoms with van der Waals surface area (Å²) in [6, 6.07) is 13.3. The number of carbonyl (C=O) groups is 1. The molecule has 0 amide bonds. The maximum atomic E-state index is 15.1. The molecule has 1 fully saturated rings. The molecule has 2 aromatic heterocycles. The number of nitrogens with two attached hydrogens (primary N) is 1. The van der Waals surface area contributed by atoms with Gasteiger partial charge in [-0.1, -0.05) is 35.9 Å². The molecule has 4 N–H and O–H groups in total. The predicted molar refractivity (Wildman–Crippen MR) is 140 cm³/mol. The third-order valence-electron chi connectivity index (χ3n) is 6.18. The predicted octanol–water partition coefficient (Wildman–Crippen LogP) is 3.28. The zero-order chi connectivity index (χ0) is 29.4. The highest BCUT2D eigenvalue weighted by Crippen LogP contribution is 2.29. The molecule has 3 heterocycles. The standard InChI is InChI=1S/C19H15F3N4O3.C7H8O3S/c20-13-11-15(27)12(19(28)29)16(22)26(10-4-2-1-3-5-10)17(11)24-18(14(13)21)25-7-6-9(23)8-25;1-6-2-4-7(5-3-6)11(8,9)10/h1-5,9H,6-8,23H2,(H,28,29);2-5H,1H3,(H,8,9,10). The Balaban J connectivity index is 0.000000283. The van der Waals surface area contributed by atoms with Crippen molar-refractivity contribution in [2.45, 2.75) is 24.3 Å². The monoisotopic (exact) mass is 576 g/mol. The van der Waals surface area contributed by atoms with Crippen molar-refractivity contribution in [3.63, 3.8) is 0 Å². The first-order valence-electron chi connectivity index (χ1n) is 11.8. The van der Waals surface area contributed by atoms with Gasteiger partial charge < -0.3 is 15.7 Å². The minimum Gasteiger partial charge on any atom is -0.477 e. The Hall–Kier alpha value is -4.27. The molecule has 10 nitrogen and oxygen atoms in total. The van der Waals surface area contributed by atoms with Crippen molar-refractivity contribution >= 4 is 32.9 Å². The van der Waals surface area contributed by atoms with E-state index in [1.807, 2.05) is 6.92 Å². The number of hydrogen-bond acceptors (Lipinski definition) is 7. The van der Waals surface area contributed by atoms with Gasteiger partial charge in [0.1, 0.15) is 5.39 Å². The fraction of sp³-hybridized carbons (Fsp3) is 0.192. The first-order valence-corrected chi connectivity index (χ1v) is 13.2. The van der Waals surface area contributed by atoms with Crippen LogP contribution in [0, 0.1) is 24.5 Å². The van der Waals surface area contributed by atoms with E-state index < -0.39 is 61.5 Å². The number of halogens is 3. The van der Waals surface area contributed by atoms with E-state index in [0.717, 1.165) is 5.56 Å². The van der Waals surface area contributed by atoms with Gasteiger partial charge >= 0.3 is 5.97 Å². The third kappa shape index (κ3) is 5.54. The lowest BCUT2D eigenvalue weighted by Crippen LogP contribution is -2.29. The number of aromatic nitrogens is 2. The molecule has 1 saturated heterocycles. The van der Waals surface area contributed by atoms with E-state index in [9.17, 15) is 31.9 Å². The topological polar surface area (TPSA) is 156 Å². The molecule has 40 heavy (non-hydrogen) atoms. The molecular weight excluding hydrogens is 553 g/mol. The second kappa shape index (κ2) is 11.1. The van der Waals surface area contributed by atoms with Crippen LogP contribution in [0.25, 0.3) is 16.7 Å². The van der Waals surface area contributed by atoms with Crippen LogP contribution in [0.2, 0.25) is 0 Å². The van der Waals surface area contributed by atoms with E-state index in [1.54, 1.807) is 30.3 Å². The summed E-state index contributed by atoms with van der Waals surface area (Å²) in [7, 11) is -4.02. The molecule has 4 aromatic rings. The molecule has 0 radical (unpaired) electrons. The second-order valence-electron chi connectivity index (χ2n) is 9.02. The Bertz CT molecular complexity index is 1760. The molecule has 1 aliphatic rings. The highest BCUT2D eigenvalue weighted by molar-refractivity contribution is 7.85. The van der Waals surface area contributed by atoms with E-state index in [4.69, 9.17) is 10.3 Å². The van der Waals surface area contributed by atoms with E-state index in [-0.39, 0.29) is 23.2 Å². The number of pyridine rings is 2. The van der Waals surface area contributed by atoms with Crippen LogP contribution in [0.4, 0.5) is 19.0 Å². The number of aryl methyl sites for hydroxylation is 1. The smallest absolute Gasteiger partial charge is 0.344 e. The Morgan fingerprint density at radius 2 is 1.68 bits per heavy atom. The van der Waals surface area contributed by atoms with Crippen LogP contribution in [0.15, 0.2) is 64.3 Å². The average Bonchev–Trinajstić information content (AvgIpc) is 3.32. The summed E-state index contributed by atoms with van der Waals surface area (Å²) in [6.45, 7) is 2.36. The van der Waals surface area contributed by atoms with Crippen LogP contribution in [-0.4, -0.2) is 52.7 Å². The summed E-state index contributed by atoms with van der Waals surface area (Å²) in [5.74, 6) is -6.72. The van der Waals surface area contributed by atoms with E-state index in [1.165, 1.54) is 29.2 Å². The maximum absolute atomic E-state index is 15.1. The first kappa shape index (κ1) is 28.7. The molecule has 0 spiro atoms. The van der Waals surface area contributed by atoms with Crippen molar-refractivity contribution in [2.75, 3.05) is 18.0 Å². The summed E-state index contributed by atoms with van der Waals surface area (Å²) in [5, 5.41) is 8.35. The number of carboxylic acid groups (broad SMARTS) is 1. The number of carboxylic acids is 1. The second-order valence-corrected chi connectivity index (χ2v) is 10.4. The van der Waals surface area contributed by atoms with E-state index in [0.29, 0.717) is 17.5 Å². The molecule has 1 unspecified atom stereocenters. The lowest BCUT2D eigenvalue weighted by atomic mass is 10.1. The maximum Gasteiger partial charge on any atom is 0.344 e. The normalized spacial score (nSPS) is 15.2. The summed E-state index contributed by atoms with van der Waals surface area (Å²) in [6.07, 6.45) is 0.526. The van der Waals surface area contributed by atoms with Crippen LogP contribution >= 0.6 is 0 Å². The molecular formula is C26H23F3N4O6S. The van der Waals surface area contributed by atoms with Gasteiger partial charge in [0.15, 0.2) is 22.8 Å². The molecule has 14 heteroatoms. The van der Waals surface area contributed by atoms with Gasteiger partial charge in [0.2, 0.25) is 17.2 Å². The number of nitrogens with zero attached hydrogens (tertiary/aromatic N) is 3. The molecule has 1 atom stereocenters. The fourth-order valence-electron chi connectivity index (χ4n) is 4.20. The number of anilines is 1. The first-order chi connectivity index (χ1) is 18.8. The summed E-state index contributed by atoms with van der Waals surface area (Å²) in [4.78, 5) is 29.4. The van der Waals surface area contributed by atoms with Crippen LogP contribution in [0.5, 0.6) is 0 Å². The molecule has 0 bridgehead atoms. The van der Waals surface area contributed by atoms with Crippen molar-refractivity contribution in [1.29, 1.82) is 0 Å². The Morgan fingerprint density at radius 3 is 2.20 bits per heavy atom. The highest BCUT2D eigenvalue weighted by Gasteiger charge is 2.31. The number of aromatic carboxylic acids is 1. The van der Waals surface area contributed by atoms with Crippen molar-refractivity contribution in [3.05, 3.63) is 93.5 Å². The molecule has 5 rings (SSSR count). The van der Waals surface area contributed by atoms with Gasteiger partial charge in [-0.2, -0.15) is 17.2 Å². The van der Waals surface area contributed by atoms with Gasteiger partial charge in [-0.05, 0) is 37.6 Å². The number of fused-ring (bicyclic) bond motifs is 1. The Kier molecular flexibility index (Phi) is 7.95. The molecule has 0 aliphatic carbocycles. The highest BCUT2D eigenvalue weighted by atomic mass is 32.2. The van der Waals surface area contributed by atoms with Crippen molar-refractivity contribution in [2.24, 2.45) is 5.73 Å².